The van der Waals surface area contributed by atoms with Crippen LogP contribution in [0.15, 0.2) is 72.8 Å². The number of benzene rings is 3. The molecule has 0 aliphatic carbocycles. The van der Waals surface area contributed by atoms with Gasteiger partial charge < -0.3 is 29.3 Å². The predicted octanol–water partition coefficient (Wildman–Crippen LogP) is 4.09. The molecule has 2 fully saturated rings. The SMILES string of the molecule is C[C@H]1[C@H]([Si](C)(C)O)[C@@H](CC(=O)N(CCO)Cc2ccccc2)O[C@]12C(=O)N(Cc1cccc(N3CCC3=O)c1)c1ccc([N+](=O)[O-])cc12. The first kappa shape index (κ1) is 33.5. The summed E-state index contributed by atoms with van der Waals surface area (Å²) in [5, 5.41) is 21.7. The quantitative estimate of drug-likeness (QED) is 0.134. The van der Waals surface area contributed by atoms with E-state index in [0.717, 1.165) is 16.8 Å². The van der Waals surface area contributed by atoms with Crippen LogP contribution in [0.25, 0.3) is 0 Å². The van der Waals surface area contributed by atoms with Gasteiger partial charge in [0.25, 0.3) is 11.6 Å². The normalized spacial score (nSPS) is 23.4. The second-order valence-electron chi connectivity index (χ2n) is 13.4. The number of nitrogens with zero attached hydrogens (tertiary/aromatic N) is 4. The molecule has 4 atom stereocenters. The van der Waals surface area contributed by atoms with E-state index >= 15 is 0 Å². The number of nitro benzene ring substituents is 1. The first-order valence-corrected chi connectivity index (χ1v) is 19.2. The second kappa shape index (κ2) is 12.9. The Morgan fingerprint density at radius 1 is 1.08 bits per heavy atom. The predicted molar refractivity (Wildman–Crippen MR) is 180 cm³/mol. The number of carbonyl (C=O) groups excluding carboxylic acids is 3. The number of rotatable bonds is 11. The number of anilines is 2. The molecule has 1 spiro atoms. The lowest BCUT2D eigenvalue weighted by Crippen LogP contribution is -2.46. The summed E-state index contributed by atoms with van der Waals surface area (Å²) in [7, 11) is -3.13. The maximum Gasteiger partial charge on any atom is 0.269 e. The third kappa shape index (κ3) is 5.91. The van der Waals surface area contributed by atoms with Crippen molar-refractivity contribution in [2.24, 2.45) is 5.92 Å². The molecule has 3 aliphatic heterocycles. The molecule has 13 heteroatoms. The van der Waals surface area contributed by atoms with Crippen LogP contribution >= 0.6 is 0 Å². The van der Waals surface area contributed by atoms with Crippen molar-refractivity contribution in [2.75, 3.05) is 29.5 Å². The van der Waals surface area contributed by atoms with Crippen LogP contribution in [-0.4, -0.2) is 71.6 Å². The highest BCUT2D eigenvalue weighted by atomic mass is 28.4. The van der Waals surface area contributed by atoms with E-state index < -0.39 is 42.3 Å². The molecule has 0 radical (unpaired) electrons. The van der Waals surface area contributed by atoms with Gasteiger partial charge in [0.05, 0.1) is 36.3 Å². The molecule has 3 aliphatic rings. The highest BCUT2D eigenvalue weighted by Crippen LogP contribution is 2.60. The number of hydrogen-bond acceptors (Lipinski definition) is 8. The molecule has 48 heavy (non-hydrogen) atoms. The summed E-state index contributed by atoms with van der Waals surface area (Å²) < 4.78 is 6.75. The molecule has 3 amide bonds. The van der Waals surface area contributed by atoms with Crippen LogP contribution in [0, 0.1) is 16.0 Å². The van der Waals surface area contributed by atoms with Crippen molar-refractivity contribution in [1.29, 1.82) is 0 Å². The van der Waals surface area contributed by atoms with E-state index in [1.54, 1.807) is 29.0 Å². The van der Waals surface area contributed by atoms with Crippen LogP contribution < -0.4 is 9.80 Å². The third-order valence-electron chi connectivity index (χ3n) is 9.91. The minimum Gasteiger partial charge on any atom is -0.432 e. The maximum absolute atomic E-state index is 14.8. The molecule has 0 aromatic heterocycles. The van der Waals surface area contributed by atoms with Crippen LogP contribution in [0.3, 0.4) is 0 Å². The molecule has 3 aromatic carbocycles. The molecule has 0 saturated carbocycles. The topological polar surface area (TPSA) is 154 Å². The maximum atomic E-state index is 14.8. The Morgan fingerprint density at radius 2 is 1.81 bits per heavy atom. The number of nitro groups is 1. The first-order chi connectivity index (χ1) is 22.8. The number of hydrogen-bond donors (Lipinski definition) is 2. The molecule has 2 N–H and O–H groups in total. The fourth-order valence-corrected chi connectivity index (χ4v) is 10.2. The lowest BCUT2D eigenvalue weighted by Gasteiger charge is -2.33. The Bertz CT molecular complexity index is 1750. The van der Waals surface area contributed by atoms with Gasteiger partial charge in [-0.25, -0.2) is 0 Å². The summed E-state index contributed by atoms with van der Waals surface area (Å²) in [4.78, 5) is 68.6. The summed E-state index contributed by atoms with van der Waals surface area (Å²) in [5.41, 5.74) is 0.694. The molecule has 252 valence electrons. The molecule has 6 rings (SSSR count). The first-order valence-electron chi connectivity index (χ1n) is 16.2. The minimum atomic E-state index is -3.13. The van der Waals surface area contributed by atoms with Crippen molar-refractivity contribution in [2.45, 2.75) is 63.2 Å². The van der Waals surface area contributed by atoms with Crippen molar-refractivity contribution in [3.8, 4) is 0 Å². The number of aliphatic hydroxyl groups excluding tert-OH is 1. The van der Waals surface area contributed by atoms with Gasteiger partial charge in [0.1, 0.15) is 0 Å². The Morgan fingerprint density at radius 3 is 2.44 bits per heavy atom. The summed E-state index contributed by atoms with van der Waals surface area (Å²) in [6.07, 6.45) is -0.532. The molecule has 2 saturated heterocycles. The average Bonchev–Trinajstić information content (AvgIpc) is 3.46. The summed E-state index contributed by atoms with van der Waals surface area (Å²) in [6.45, 7) is 6.16. The Balaban J connectivity index is 1.37. The van der Waals surface area contributed by atoms with E-state index in [0.29, 0.717) is 24.2 Å². The highest BCUT2D eigenvalue weighted by molar-refractivity contribution is 6.71. The number of fused-ring (bicyclic) bond motifs is 2. The molecule has 3 heterocycles. The Kier molecular flexibility index (Phi) is 8.98. The zero-order chi connectivity index (χ0) is 34.4. The molecule has 3 aromatic rings. The number of carbonyl (C=O) groups is 3. The van der Waals surface area contributed by atoms with Crippen LogP contribution in [-0.2, 0) is 37.8 Å². The van der Waals surface area contributed by atoms with Crippen molar-refractivity contribution < 1.29 is 33.9 Å². The molecule has 0 unspecified atom stereocenters. The number of aliphatic hydroxyl groups is 1. The number of amides is 3. The monoisotopic (exact) mass is 672 g/mol. The largest absolute Gasteiger partial charge is 0.432 e. The molecular weight excluding hydrogens is 632 g/mol. The molecule has 12 nitrogen and oxygen atoms in total. The van der Waals surface area contributed by atoms with Crippen molar-refractivity contribution >= 4 is 43.1 Å². The van der Waals surface area contributed by atoms with Gasteiger partial charge in [-0.05, 0) is 42.4 Å². The van der Waals surface area contributed by atoms with Gasteiger partial charge in [-0.2, -0.15) is 0 Å². The smallest absolute Gasteiger partial charge is 0.269 e. The fourth-order valence-electron chi connectivity index (χ4n) is 7.65. The summed E-state index contributed by atoms with van der Waals surface area (Å²) >= 11 is 0. The van der Waals surface area contributed by atoms with E-state index in [-0.39, 0.29) is 50.2 Å². The van der Waals surface area contributed by atoms with Gasteiger partial charge in [-0.1, -0.05) is 49.4 Å². The standard InChI is InChI=1S/C35H40N4O8Si/c1-23-33(48(2,3)46)30(20-32(42)36(16-17-40)21-24-8-5-4-6-9-24)47-35(23)28-19-27(39(44)45)12-13-29(28)38(34(35)43)22-25-10-7-11-26(18-25)37-15-14-31(37)41/h4-13,18-19,23,30,33,40,46H,14-17,20-22H2,1-3H3/t23-,30+,33-,35+/m0/s1. The van der Waals surface area contributed by atoms with Gasteiger partial charge >= 0.3 is 0 Å². The van der Waals surface area contributed by atoms with Gasteiger partial charge in [0, 0.05) is 60.9 Å². The zero-order valence-electron chi connectivity index (χ0n) is 27.2. The number of ether oxygens (including phenoxy) is 1. The van der Waals surface area contributed by atoms with Crippen molar-refractivity contribution in [3.05, 3.63) is 99.6 Å². The molecular formula is C35H40N4O8Si. The van der Waals surface area contributed by atoms with Gasteiger partial charge in [-0.15, -0.1) is 0 Å². The van der Waals surface area contributed by atoms with Crippen LogP contribution in [0.1, 0.15) is 36.5 Å². The summed E-state index contributed by atoms with van der Waals surface area (Å²) in [6, 6.07) is 21.0. The Hall–Kier alpha value is -4.43. The van der Waals surface area contributed by atoms with E-state index in [2.05, 4.69) is 0 Å². The van der Waals surface area contributed by atoms with E-state index in [1.807, 2.05) is 61.5 Å². The van der Waals surface area contributed by atoms with E-state index in [4.69, 9.17) is 4.74 Å². The van der Waals surface area contributed by atoms with Gasteiger partial charge in [0.15, 0.2) is 13.9 Å². The van der Waals surface area contributed by atoms with Crippen LogP contribution in [0.4, 0.5) is 17.1 Å². The van der Waals surface area contributed by atoms with Crippen LogP contribution in [0.2, 0.25) is 18.6 Å². The van der Waals surface area contributed by atoms with Gasteiger partial charge in [0.2, 0.25) is 11.8 Å². The van der Waals surface area contributed by atoms with Gasteiger partial charge in [-0.3, -0.25) is 24.5 Å². The average molecular weight is 673 g/mol. The van der Waals surface area contributed by atoms with Crippen molar-refractivity contribution in [3.63, 3.8) is 0 Å². The number of β-lactam (4-membered cyclic amide) rings is 1. The van der Waals surface area contributed by atoms with E-state index in [9.17, 15) is 34.4 Å². The van der Waals surface area contributed by atoms with Crippen LogP contribution in [0.5, 0.6) is 0 Å². The highest BCUT2D eigenvalue weighted by Gasteiger charge is 2.66. The fraction of sp³-hybridized carbons (Fsp3) is 0.400. The summed E-state index contributed by atoms with van der Waals surface area (Å²) in [5.74, 6) is -1.33. The number of non-ortho nitro benzene ring substituents is 1. The molecule has 0 bridgehead atoms. The second-order valence-corrected chi connectivity index (χ2v) is 17.4. The Labute approximate surface area is 279 Å². The zero-order valence-corrected chi connectivity index (χ0v) is 28.2. The van der Waals surface area contributed by atoms with E-state index in [1.165, 1.54) is 17.0 Å². The lowest BCUT2D eigenvalue weighted by molar-refractivity contribution is -0.385. The third-order valence-corrected chi connectivity index (χ3v) is 12.4. The minimum absolute atomic E-state index is 0.0259. The van der Waals surface area contributed by atoms with Crippen molar-refractivity contribution in [1.82, 2.24) is 4.90 Å². The lowest BCUT2D eigenvalue weighted by atomic mass is 9.82.